The van der Waals surface area contributed by atoms with E-state index in [1.165, 1.54) is 0 Å². The van der Waals surface area contributed by atoms with E-state index in [-0.39, 0.29) is 124 Å². The van der Waals surface area contributed by atoms with Gasteiger partial charge in [-0.3, -0.25) is 0 Å². The maximum absolute atomic E-state index is 0. The van der Waals surface area contributed by atoms with Crippen molar-refractivity contribution < 1.29 is 34.1 Å². The van der Waals surface area contributed by atoms with E-state index in [1.54, 1.807) is 0 Å². The zero-order valence-electron chi connectivity index (χ0n) is 4.06. The molecule has 0 spiro atoms. The van der Waals surface area contributed by atoms with E-state index in [1.807, 2.05) is 0 Å². The van der Waals surface area contributed by atoms with Crippen molar-refractivity contribution in [1.29, 1.82) is 0 Å². The fourth-order valence-corrected chi connectivity index (χ4v) is 0. The Labute approximate surface area is 122 Å². The monoisotopic (exact) mass is 260 g/mol. The second kappa shape index (κ2) is 52.5. The molecular weight excluding hydrogens is 252 g/mol. The minimum atomic E-state index is 0. The summed E-state index contributed by atoms with van der Waals surface area (Å²) < 4.78 is 0. The normalized spacial score (nSPS) is 0. The molecule has 3 N–H and O–H groups in total. The van der Waals surface area contributed by atoms with Gasteiger partial charge in [-0.05, 0) is 0 Å². The molecule has 0 rings (SSSR count). The molecule has 7 heteroatoms. The van der Waals surface area contributed by atoms with Crippen LogP contribution in [0.2, 0.25) is 0 Å². The van der Waals surface area contributed by atoms with Crippen LogP contribution in [0, 0.1) is 0 Å². The molecule has 0 saturated heterocycles. The Balaban J connectivity index is 0. The van der Waals surface area contributed by atoms with Gasteiger partial charge < -0.3 is 6.15 Å². The van der Waals surface area contributed by atoms with Gasteiger partial charge in [0.1, 0.15) is 0 Å². The third-order valence-electron chi connectivity index (χ3n) is 0. The van der Waals surface area contributed by atoms with Crippen LogP contribution >= 0.6 is 23.4 Å². The maximum atomic E-state index is 0. The molecule has 0 amide bonds. The van der Waals surface area contributed by atoms with Crippen LogP contribution in [0.15, 0.2) is 0 Å². The summed E-state index contributed by atoms with van der Waals surface area (Å²) in [4.78, 5) is 0. The van der Waals surface area contributed by atoms with E-state index < -0.39 is 0 Å². The number of rotatable bonds is 0. The van der Waals surface area contributed by atoms with Crippen LogP contribution < -0.4 is 6.15 Å². The van der Waals surface area contributed by atoms with Gasteiger partial charge >= 0.3 is 0 Å². The fraction of sp³-hybridized carbons (Fsp3) is 0. The summed E-state index contributed by atoms with van der Waals surface area (Å²) in [5.74, 6) is 0. The van der Waals surface area contributed by atoms with Gasteiger partial charge in [0, 0.05) is 94.9 Å². The standard InChI is InChI=1S/Ca.Fe.Mg.Mn.H3N.H3P.H2S/h;;;;2*1H3;1H2. The van der Waals surface area contributed by atoms with Crippen LogP contribution in [-0.4, -0.2) is 60.8 Å². The molecule has 0 heterocycles. The molecule has 1 nitrogen and oxygen atoms in total. The van der Waals surface area contributed by atoms with Gasteiger partial charge in [0.25, 0.3) is 0 Å². The smallest absolute Gasteiger partial charge is 0 e. The zero-order valence-corrected chi connectivity index (χ0v) is 12.4. The van der Waals surface area contributed by atoms with Crippen molar-refractivity contribution in [3.05, 3.63) is 0 Å². The van der Waals surface area contributed by atoms with Crippen molar-refractivity contribution in [1.82, 2.24) is 6.15 Å². The van der Waals surface area contributed by atoms with Crippen molar-refractivity contribution in [2.45, 2.75) is 0 Å². The molecule has 0 aromatic carbocycles. The maximum Gasteiger partial charge on any atom is 0 e. The average Bonchev–Trinajstić information content (AvgIpc) is 0. The Morgan fingerprint density at radius 3 is 1.00 bits per heavy atom. The van der Waals surface area contributed by atoms with Crippen molar-refractivity contribution in [3.8, 4) is 0 Å². The molecule has 0 fully saturated rings. The van der Waals surface area contributed by atoms with Crippen molar-refractivity contribution in [3.63, 3.8) is 0 Å². The average molecular weight is 260 g/mol. The third kappa shape index (κ3) is 41.3. The first-order chi connectivity index (χ1) is 0. The second-order valence-electron chi connectivity index (χ2n) is 0. The van der Waals surface area contributed by atoms with Crippen LogP contribution in [0.25, 0.3) is 0 Å². The predicted octanol–water partition coefficient (Wildman–Crippen LogP) is -0.434. The molecule has 5 radical (unpaired) electrons. The number of hydrogen-bond acceptors (Lipinski definition) is 1. The van der Waals surface area contributed by atoms with Crippen LogP contribution in [0.5, 0.6) is 0 Å². The SMILES string of the molecule is N.P.S.[Ca].[Fe].[Mg].[Mn]. The summed E-state index contributed by atoms with van der Waals surface area (Å²) in [5.41, 5.74) is 0. The molecule has 0 aliphatic carbocycles. The van der Waals surface area contributed by atoms with Gasteiger partial charge in [-0.15, -0.1) is 0 Å². The summed E-state index contributed by atoms with van der Waals surface area (Å²) in [5, 5.41) is 0. The molecule has 7 heavy (non-hydrogen) atoms. The van der Waals surface area contributed by atoms with Gasteiger partial charge in [-0.25, -0.2) is 0 Å². The van der Waals surface area contributed by atoms with E-state index in [2.05, 4.69) is 0 Å². The Hall–Kier alpha value is 3.80. The predicted molar refractivity (Wildman–Crippen MR) is 38.0 cm³/mol. The molecule has 0 aromatic heterocycles. The second-order valence-corrected chi connectivity index (χ2v) is 0. The van der Waals surface area contributed by atoms with Gasteiger partial charge in [0.15, 0.2) is 0 Å². The summed E-state index contributed by atoms with van der Waals surface area (Å²) >= 11 is 0. The van der Waals surface area contributed by atoms with Crippen LogP contribution in [0.3, 0.4) is 0 Å². The minimum absolute atomic E-state index is 0. The van der Waals surface area contributed by atoms with Crippen LogP contribution in [0.1, 0.15) is 0 Å². The quantitative estimate of drug-likeness (QED) is 0.465. The van der Waals surface area contributed by atoms with Crippen LogP contribution in [-0.2, 0) is 34.1 Å². The van der Waals surface area contributed by atoms with E-state index >= 15 is 0 Å². The van der Waals surface area contributed by atoms with E-state index in [0.29, 0.717) is 0 Å². The van der Waals surface area contributed by atoms with Gasteiger partial charge in [0.05, 0.1) is 0 Å². The minimum Gasteiger partial charge on any atom is -0.344 e. The molecule has 0 aliphatic rings. The molecule has 43 valence electrons. The van der Waals surface area contributed by atoms with Crippen LogP contribution in [0.4, 0.5) is 0 Å². The Bertz CT molecular complexity index is 19.7. The molecule has 0 aromatic rings. The van der Waals surface area contributed by atoms with Gasteiger partial charge in [-0.2, -0.15) is 23.4 Å². The first-order valence-electron chi connectivity index (χ1n) is 0. The third-order valence-corrected chi connectivity index (χ3v) is 0. The summed E-state index contributed by atoms with van der Waals surface area (Å²) in [7, 11) is 0. The first kappa shape index (κ1) is 71.7. The summed E-state index contributed by atoms with van der Waals surface area (Å²) in [6.45, 7) is 0. The number of hydrogen-bond donors (Lipinski definition) is 1. The van der Waals surface area contributed by atoms with Crippen molar-refractivity contribution in [2.24, 2.45) is 0 Å². The fourth-order valence-electron chi connectivity index (χ4n) is 0. The largest absolute Gasteiger partial charge is 0.344 e. The Morgan fingerprint density at radius 1 is 1.00 bits per heavy atom. The molecule has 1 atom stereocenters. The van der Waals surface area contributed by atoms with E-state index in [4.69, 9.17) is 0 Å². The summed E-state index contributed by atoms with van der Waals surface area (Å²) in [6, 6.07) is 0. The topological polar surface area (TPSA) is 35.0 Å². The molecule has 0 aliphatic heterocycles. The molecule has 0 bridgehead atoms. The van der Waals surface area contributed by atoms with E-state index in [9.17, 15) is 0 Å². The Morgan fingerprint density at radius 2 is 1.00 bits per heavy atom. The van der Waals surface area contributed by atoms with Crippen molar-refractivity contribution >= 4 is 84.2 Å². The summed E-state index contributed by atoms with van der Waals surface area (Å²) in [6.07, 6.45) is 0. The first-order valence-corrected chi connectivity index (χ1v) is 0. The van der Waals surface area contributed by atoms with Gasteiger partial charge in [0.2, 0.25) is 0 Å². The molecular formula is H8CaFeMgMnNPS. The molecule has 0 saturated carbocycles. The van der Waals surface area contributed by atoms with E-state index in [0.717, 1.165) is 0 Å². The Kier molecular flexibility index (Phi) is 538. The molecule has 1 unspecified atom stereocenters. The zero-order chi connectivity index (χ0) is 0. The van der Waals surface area contributed by atoms with Gasteiger partial charge in [-0.1, -0.05) is 0 Å². The van der Waals surface area contributed by atoms with Crippen molar-refractivity contribution in [2.75, 3.05) is 0 Å².